The van der Waals surface area contributed by atoms with Crippen LogP contribution in [-0.2, 0) is 11.0 Å². The SMILES string of the molecule is CCCCCCC(C)(C)c1cc(O)c2c(c1)OC(C)(C)c1ccc(C)c(C)c1-2. The number of aryl methyl sites for hydroxylation is 1. The zero-order valence-electron chi connectivity index (χ0n) is 18.7. The Balaban J connectivity index is 2.07. The van der Waals surface area contributed by atoms with E-state index in [4.69, 9.17) is 4.74 Å². The highest BCUT2D eigenvalue weighted by molar-refractivity contribution is 5.84. The fourth-order valence-corrected chi connectivity index (χ4v) is 4.43. The maximum absolute atomic E-state index is 11.1. The molecule has 0 aliphatic carbocycles. The van der Waals surface area contributed by atoms with E-state index in [1.807, 2.05) is 6.07 Å². The average Bonchev–Trinajstić information content (AvgIpc) is 2.60. The van der Waals surface area contributed by atoms with E-state index in [-0.39, 0.29) is 5.41 Å². The van der Waals surface area contributed by atoms with Crippen molar-refractivity contribution in [3.05, 3.63) is 46.5 Å². The standard InChI is InChI=1S/C26H36O2/c1-8-9-10-11-14-25(4,5)19-15-21(27)24-22(16-19)28-26(6,7)20-13-12-17(2)18(3)23(20)24/h12-13,15-16,27H,8-11,14H2,1-7H3. The lowest BCUT2D eigenvalue weighted by Crippen LogP contribution is -2.30. The largest absolute Gasteiger partial charge is 0.507 e. The summed E-state index contributed by atoms with van der Waals surface area (Å²) in [4.78, 5) is 0. The molecule has 152 valence electrons. The number of unbranched alkanes of at least 4 members (excludes halogenated alkanes) is 3. The number of hydrogen-bond donors (Lipinski definition) is 1. The van der Waals surface area contributed by atoms with Crippen LogP contribution in [0, 0.1) is 13.8 Å². The predicted octanol–water partition coefficient (Wildman–Crippen LogP) is 7.55. The Kier molecular flexibility index (Phi) is 5.53. The highest BCUT2D eigenvalue weighted by Gasteiger charge is 2.36. The number of fused-ring (bicyclic) bond motifs is 3. The van der Waals surface area contributed by atoms with Gasteiger partial charge in [0, 0.05) is 5.56 Å². The summed E-state index contributed by atoms with van der Waals surface area (Å²) in [5.74, 6) is 1.14. The number of aromatic hydroxyl groups is 1. The molecule has 2 aromatic carbocycles. The van der Waals surface area contributed by atoms with Crippen LogP contribution in [0.3, 0.4) is 0 Å². The third kappa shape index (κ3) is 3.66. The Hall–Kier alpha value is -1.96. The van der Waals surface area contributed by atoms with Gasteiger partial charge in [0.25, 0.3) is 0 Å². The molecule has 2 heteroatoms. The third-order valence-electron chi connectivity index (χ3n) is 6.52. The van der Waals surface area contributed by atoms with E-state index in [9.17, 15) is 5.11 Å². The number of hydrogen-bond acceptors (Lipinski definition) is 2. The van der Waals surface area contributed by atoms with Crippen LogP contribution in [0.25, 0.3) is 11.1 Å². The minimum atomic E-state index is -0.420. The molecular weight excluding hydrogens is 344 g/mol. The summed E-state index contributed by atoms with van der Waals surface area (Å²) in [6.07, 6.45) is 6.14. The molecule has 0 spiro atoms. The lowest BCUT2D eigenvalue weighted by atomic mass is 9.77. The van der Waals surface area contributed by atoms with Gasteiger partial charge in [0.15, 0.2) is 0 Å². The number of phenolic OH excluding ortho intramolecular Hbond substituents is 1. The van der Waals surface area contributed by atoms with E-state index in [1.165, 1.54) is 36.8 Å². The van der Waals surface area contributed by atoms with Crippen molar-refractivity contribution in [3.8, 4) is 22.6 Å². The summed E-state index contributed by atoms with van der Waals surface area (Å²) >= 11 is 0. The molecule has 0 radical (unpaired) electrons. The molecular formula is C26H36O2. The lowest BCUT2D eigenvalue weighted by molar-refractivity contribution is 0.105. The van der Waals surface area contributed by atoms with Crippen LogP contribution in [0.15, 0.2) is 24.3 Å². The van der Waals surface area contributed by atoms with Crippen LogP contribution in [0.2, 0.25) is 0 Å². The molecule has 0 amide bonds. The molecule has 0 saturated heterocycles. The summed E-state index contributed by atoms with van der Waals surface area (Å²) in [5, 5.41) is 11.1. The number of ether oxygens (including phenoxy) is 1. The van der Waals surface area contributed by atoms with Gasteiger partial charge in [-0.05, 0) is 73.9 Å². The summed E-state index contributed by atoms with van der Waals surface area (Å²) in [7, 11) is 0. The minimum absolute atomic E-state index is 0.00960. The molecule has 0 fully saturated rings. The van der Waals surface area contributed by atoms with Crippen LogP contribution in [0.5, 0.6) is 11.5 Å². The van der Waals surface area contributed by atoms with E-state index in [0.717, 1.165) is 34.4 Å². The maximum Gasteiger partial charge on any atom is 0.132 e. The third-order valence-corrected chi connectivity index (χ3v) is 6.52. The second kappa shape index (κ2) is 7.46. The van der Waals surface area contributed by atoms with E-state index >= 15 is 0 Å². The average molecular weight is 381 g/mol. The molecule has 0 aromatic heterocycles. The van der Waals surface area contributed by atoms with Crippen LogP contribution in [0.4, 0.5) is 0 Å². The molecule has 1 N–H and O–H groups in total. The Morgan fingerprint density at radius 3 is 2.39 bits per heavy atom. The Labute approximate surface area is 170 Å². The van der Waals surface area contributed by atoms with Gasteiger partial charge in [0.05, 0.1) is 5.56 Å². The molecule has 1 aliphatic heterocycles. The second-order valence-electron chi connectivity index (χ2n) is 9.61. The normalized spacial score (nSPS) is 15.0. The van der Waals surface area contributed by atoms with Gasteiger partial charge < -0.3 is 9.84 Å². The molecule has 28 heavy (non-hydrogen) atoms. The quantitative estimate of drug-likeness (QED) is 0.524. The molecule has 0 unspecified atom stereocenters. The molecule has 0 bridgehead atoms. The van der Waals surface area contributed by atoms with Crippen molar-refractivity contribution in [3.63, 3.8) is 0 Å². The predicted molar refractivity (Wildman–Crippen MR) is 118 cm³/mol. The van der Waals surface area contributed by atoms with Crippen molar-refractivity contribution >= 4 is 0 Å². The van der Waals surface area contributed by atoms with Gasteiger partial charge in [-0.3, -0.25) is 0 Å². The summed E-state index contributed by atoms with van der Waals surface area (Å²) in [6, 6.07) is 8.42. The first-order chi connectivity index (χ1) is 13.1. The molecule has 1 heterocycles. The topological polar surface area (TPSA) is 29.5 Å². The second-order valence-corrected chi connectivity index (χ2v) is 9.61. The maximum atomic E-state index is 11.1. The first-order valence-corrected chi connectivity index (χ1v) is 10.8. The molecule has 2 nitrogen and oxygen atoms in total. The van der Waals surface area contributed by atoms with Gasteiger partial charge in [0.2, 0.25) is 0 Å². The number of benzene rings is 2. The molecule has 1 aliphatic rings. The smallest absolute Gasteiger partial charge is 0.132 e. The highest BCUT2D eigenvalue weighted by Crippen LogP contribution is 2.52. The van der Waals surface area contributed by atoms with E-state index in [1.54, 1.807) is 0 Å². The van der Waals surface area contributed by atoms with Crippen LogP contribution < -0.4 is 4.74 Å². The van der Waals surface area contributed by atoms with Gasteiger partial charge in [-0.1, -0.05) is 58.6 Å². The van der Waals surface area contributed by atoms with Crippen molar-refractivity contribution in [2.45, 2.75) is 91.6 Å². The Bertz CT molecular complexity index is 874. The van der Waals surface area contributed by atoms with Crippen LogP contribution in [0.1, 0.15) is 89.0 Å². The van der Waals surface area contributed by atoms with Crippen LogP contribution >= 0.6 is 0 Å². The fraction of sp³-hybridized carbons (Fsp3) is 0.538. The summed E-state index contributed by atoms with van der Waals surface area (Å²) in [5.41, 5.74) is 6.33. The van der Waals surface area contributed by atoms with E-state index in [0.29, 0.717) is 5.75 Å². The summed E-state index contributed by atoms with van der Waals surface area (Å²) in [6.45, 7) is 15.3. The van der Waals surface area contributed by atoms with Crippen molar-refractivity contribution in [2.24, 2.45) is 0 Å². The first kappa shape index (κ1) is 20.8. The Morgan fingerprint density at radius 2 is 1.71 bits per heavy atom. The number of phenols is 1. The van der Waals surface area contributed by atoms with Crippen molar-refractivity contribution in [1.29, 1.82) is 0 Å². The lowest BCUT2D eigenvalue weighted by Gasteiger charge is -2.37. The van der Waals surface area contributed by atoms with Gasteiger partial charge in [0.1, 0.15) is 17.1 Å². The van der Waals surface area contributed by atoms with Gasteiger partial charge in [-0.15, -0.1) is 0 Å². The van der Waals surface area contributed by atoms with Crippen molar-refractivity contribution < 1.29 is 9.84 Å². The molecule has 2 aromatic rings. The fourth-order valence-electron chi connectivity index (χ4n) is 4.43. The van der Waals surface area contributed by atoms with Crippen LogP contribution in [-0.4, -0.2) is 5.11 Å². The minimum Gasteiger partial charge on any atom is -0.507 e. The van der Waals surface area contributed by atoms with Gasteiger partial charge in [-0.25, -0.2) is 0 Å². The Morgan fingerprint density at radius 1 is 1.00 bits per heavy atom. The summed E-state index contributed by atoms with van der Waals surface area (Å²) < 4.78 is 6.44. The van der Waals surface area contributed by atoms with Gasteiger partial charge in [-0.2, -0.15) is 0 Å². The van der Waals surface area contributed by atoms with E-state index < -0.39 is 5.60 Å². The monoisotopic (exact) mass is 380 g/mol. The van der Waals surface area contributed by atoms with Crippen molar-refractivity contribution in [2.75, 3.05) is 0 Å². The molecule has 0 atom stereocenters. The highest BCUT2D eigenvalue weighted by atomic mass is 16.5. The number of rotatable bonds is 6. The zero-order chi connectivity index (χ0) is 20.7. The molecule has 3 rings (SSSR count). The van der Waals surface area contributed by atoms with Gasteiger partial charge >= 0.3 is 0 Å². The van der Waals surface area contributed by atoms with Crippen molar-refractivity contribution in [1.82, 2.24) is 0 Å². The first-order valence-electron chi connectivity index (χ1n) is 10.8. The molecule has 0 saturated carbocycles. The zero-order valence-corrected chi connectivity index (χ0v) is 18.7. The van der Waals surface area contributed by atoms with E-state index in [2.05, 4.69) is 66.7 Å².